The third-order valence-corrected chi connectivity index (χ3v) is 15.4. The van der Waals surface area contributed by atoms with E-state index in [-0.39, 0.29) is 13.2 Å². The molecule has 35 atom stereocenters. The van der Waals surface area contributed by atoms with Crippen LogP contribution in [0.2, 0.25) is 0 Å². The lowest BCUT2D eigenvalue weighted by Gasteiger charge is -2.50. The minimum atomic E-state index is -2.20. The van der Waals surface area contributed by atoms with Gasteiger partial charge in [-0.1, -0.05) is 0 Å². The van der Waals surface area contributed by atoms with E-state index in [1.807, 2.05) is 0 Å². The molecule has 21 saturated heterocycles. The Morgan fingerprint density at radius 1 is 0.247 bits per heavy atom. The third kappa shape index (κ3) is 13.4. The van der Waals surface area contributed by atoms with Crippen LogP contribution in [0.5, 0.6) is 0 Å². The van der Waals surface area contributed by atoms with Gasteiger partial charge in [-0.05, 0) is 13.8 Å². The monoisotopic (exact) mass is 1190 g/mol. The highest BCUT2D eigenvalue weighted by Gasteiger charge is 2.60. The van der Waals surface area contributed by atoms with E-state index in [1.54, 1.807) is 6.92 Å². The number of rotatable bonds is 11. The first-order chi connectivity index (χ1) is 38.7. The van der Waals surface area contributed by atoms with Crippen LogP contribution in [-0.2, 0) is 75.8 Å². The Balaban J connectivity index is 1.10. The van der Waals surface area contributed by atoms with Crippen LogP contribution in [0, 0.1) is 0 Å². The van der Waals surface area contributed by atoms with E-state index in [0.717, 1.165) is 0 Å². The van der Waals surface area contributed by atoms with Crippen molar-refractivity contribution < 1.29 is 173 Å². The average Bonchev–Trinajstić information content (AvgIpc) is 3.48. The Hall–Kier alpha value is -1.40. The fourth-order valence-corrected chi connectivity index (χ4v) is 11.0. The minimum absolute atomic E-state index is 0.0639. The molecule has 0 radical (unpaired) electrons. The largest absolute Gasteiger partial charge is 0.394 e. The van der Waals surface area contributed by atoms with E-state index in [4.69, 9.17) is 75.8 Å². The molecular weight excluding hydrogens is 1110 g/mol. The van der Waals surface area contributed by atoms with Crippen molar-refractivity contribution in [2.75, 3.05) is 59.5 Å². The summed E-state index contributed by atoms with van der Waals surface area (Å²) in [6.45, 7) is -3.42. The number of ether oxygens (including phenoxy) is 16. The molecule has 21 aliphatic heterocycles. The van der Waals surface area contributed by atoms with Crippen LogP contribution in [0.15, 0.2) is 0 Å². The SMILES string of the molecule is CCOC[C@H]1O[C@@H]2O[C@H]3[C@H](O)[C@@H](O)[C@@H](O[C@H]4[C@H](O)[C@@H](O)[C@@H](O[C@H]5[C@H](O)[C@@H](O)[C@@H](O[C@H]6[C@H](O)[C@@H](O)[C@@H](O[C@H]7[C@H](O)[C@@H](O)[C@@H](O[C@H]8[C@H](O)[C@@H](O)[C@@H](O[C@H]1[C@@H](O)[C@H]2OCC)O[C@@H]8CO)O[C@@H]7CO)O[C@@H]6CO)O[C@@H]5CO)O[C@@H]4CO)O[C@@H]3CO. The van der Waals surface area contributed by atoms with Crippen LogP contribution in [0.1, 0.15) is 13.8 Å². The molecule has 0 aromatic carbocycles. The molecule has 14 bridgehead atoms. The molecule has 0 amide bonds. The summed E-state index contributed by atoms with van der Waals surface area (Å²) in [6, 6.07) is 0. The van der Waals surface area contributed by atoms with Crippen LogP contribution in [0.4, 0.5) is 0 Å². The van der Waals surface area contributed by atoms with Crippen molar-refractivity contribution in [3.05, 3.63) is 0 Å². The normalized spacial score (nSPS) is 53.2. The first-order valence-electron chi connectivity index (χ1n) is 26.6. The lowest BCUT2D eigenvalue weighted by Crippen LogP contribution is -2.68. The predicted octanol–water partition coefficient (Wildman–Crippen LogP) is -13.1. The molecule has 21 aliphatic rings. The van der Waals surface area contributed by atoms with E-state index in [2.05, 4.69) is 0 Å². The summed E-state index contributed by atoms with van der Waals surface area (Å²) in [4.78, 5) is 0. The fourth-order valence-electron chi connectivity index (χ4n) is 11.0. The molecule has 35 heteroatoms. The van der Waals surface area contributed by atoms with Gasteiger partial charge >= 0.3 is 0 Å². The number of aliphatic hydroxyl groups excluding tert-OH is 19. The molecule has 0 aliphatic carbocycles. The molecule has 472 valence electrons. The van der Waals surface area contributed by atoms with Gasteiger partial charge in [-0.2, -0.15) is 0 Å². The van der Waals surface area contributed by atoms with Gasteiger partial charge < -0.3 is 173 Å². The molecule has 81 heavy (non-hydrogen) atoms. The smallest absolute Gasteiger partial charge is 0.187 e. The summed E-state index contributed by atoms with van der Waals surface area (Å²) in [6.07, 6.45) is -67.3. The molecule has 21 rings (SSSR count). The maximum Gasteiger partial charge on any atom is 0.187 e. The van der Waals surface area contributed by atoms with Gasteiger partial charge in [-0.3, -0.25) is 0 Å². The van der Waals surface area contributed by atoms with Gasteiger partial charge in [0.25, 0.3) is 0 Å². The van der Waals surface area contributed by atoms with Gasteiger partial charge in [0.05, 0.1) is 46.2 Å². The third-order valence-electron chi connectivity index (χ3n) is 15.4. The molecule has 19 N–H and O–H groups in total. The highest BCUT2D eigenvalue weighted by Crippen LogP contribution is 2.39. The van der Waals surface area contributed by atoms with Crippen LogP contribution in [0.3, 0.4) is 0 Å². The van der Waals surface area contributed by atoms with E-state index in [9.17, 15) is 97.0 Å². The molecule has 35 nitrogen and oxygen atoms in total. The van der Waals surface area contributed by atoms with Crippen LogP contribution in [-0.4, -0.2) is 371 Å². The van der Waals surface area contributed by atoms with Crippen molar-refractivity contribution in [3.63, 3.8) is 0 Å². The van der Waals surface area contributed by atoms with Gasteiger partial charge in [-0.15, -0.1) is 0 Å². The summed E-state index contributed by atoms with van der Waals surface area (Å²) < 4.78 is 93.1. The van der Waals surface area contributed by atoms with Crippen molar-refractivity contribution in [2.45, 2.75) is 229 Å². The Kier molecular flexibility index (Phi) is 23.2. The molecule has 0 spiro atoms. The standard InChI is InChI=1S/C46H78O35/c1-3-66-11-18-38-31(65)39(67-4-2)46(74-18)81-37-17(10-52)73-44(30(64)24(37)58)79-35-15(8-50)71-42(28(62)22(35)56)77-33-13(6-48)69-40(26(60)20(33)54)75-32-12(5-47)68-41(25(59)19(32)53)76-34-14(7-49)70-43(27(61)21(34)55)78-36-16(9-51)72-45(80-38)29(63)23(36)57/h12-65H,3-11H2,1-2H3/t12-,13-,14-,15-,16-,17-,18-,19-,20-,21-,22-,23-,24-,25-,26-,27-,28-,29-,30-,31-,32-,33-,34-,35-,36-,37-,38-,39-,40-,41-,42-,43-,44-,45-,46-/m1/s1. The van der Waals surface area contributed by atoms with Crippen molar-refractivity contribution in [1.29, 1.82) is 0 Å². The Morgan fingerprint density at radius 3 is 0.667 bits per heavy atom. The molecule has 0 aromatic rings. The van der Waals surface area contributed by atoms with Crippen LogP contribution < -0.4 is 0 Å². The van der Waals surface area contributed by atoms with Gasteiger partial charge in [0.15, 0.2) is 44.0 Å². The van der Waals surface area contributed by atoms with E-state index in [1.165, 1.54) is 6.92 Å². The molecule has 0 unspecified atom stereocenters. The minimum Gasteiger partial charge on any atom is -0.394 e. The molecular formula is C46H78O35. The summed E-state index contributed by atoms with van der Waals surface area (Å²) in [5, 5.41) is 212. The zero-order valence-corrected chi connectivity index (χ0v) is 43.6. The van der Waals surface area contributed by atoms with E-state index < -0.39 is 261 Å². The first-order valence-corrected chi connectivity index (χ1v) is 26.6. The fraction of sp³-hybridized carbons (Fsp3) is 1.00. The second-order valence-electron chi connectivity index (χ2n) is 20.6. The Labute approximate surface area is 460 Å². The molecule has 21 fully saturated rings. The van der Waals surface area contributed by atoms with Gasteiger partial charge in [0, 0.05) is 13.2 Å². The summed E-state index contributed by atoms with van der Waals surface area (Å²) >= 11 is 0. The molecule has 21 heterocycles. The quantitative estimate of drug-likeness (QED) is 0.0913. The van der Waals surface area contributed by atoms with Crippen LogP contribution in [0.25, 0.3) is 0 Å². The average molecular weight is 1190 g/mol. The van der Waals surface area contributed by atoms with Crippen molar-refractivity contribution in [3.8, 4) is 0 Å². The summed E-state index contributed by atoms with van der Waals surface area (Å²) in [5.74, 6) is 0. The maximum atomic E-state index is 12.0. The van der Waals surface area contributed by atoms with Crippen molar-refractivity contribution in [2.24, 2.45) is 0 Å². The zero-order chi connectivity index (χ0) is 58.9. The zero-order valence-electron chi connectivity index (χ0n) is 43.6. The second-order valence-corrected chi connectivity index (χ2v) is 20.6. The van der Waals surface area contributed by atoms with Crippen LogP contribution >= 0.6 is 0 Å². The lowest BCUT2D eigenvalue weighted by molar-refractivity contribution is -0.398. The second kappa shape index (κ2) is 28.6. The maximum absolute atomic E-state index is 12.0. The number of hydrogen-bond donors (Lipinski definition) is 19. The number of hydrogen-bond acceptors (Lipinski definition) is 35. The summed E-state index contributed by atoms with van der Waals surface area (Å²) in [5.41, 5.74) is 0. The van der Waals surface area contributed by atoms with Crippen molar-refractivity contribution >= 4 is 0 Å². The highest BCUT2D eigenvalue weighted by molar-refractivity contribution is 5.02. The Bertz CT molecular complexity index is 1890. The van der Waals surface area contributed by atoms with Gasteiger partial charge in [-0.25, -0.2) is 0 Å². The predicted molar refractivity (Wildman–Crippen MR) is 247 cm³/mol. The topological polar surface area (TPSA) is 532 Å². The van der Waals surface area contributed by atoms with Gasteiger partial charge in [0.2, 0.25) is 0 Å². The number of aliphatic hydroxyl groups is 19. The first kappa shape index (κ1) is 65.6. The molecule has 0 saturated carbocycles. The lowest BCUT2D eigenvalue weighted by atomic mass is 9.95. The Morgan fingerprint density at radius 2 is 0.457 bits per heavy atom. The van der Waals surface area contributed by atoms with Crippen molar-refractivity contribution in [1.82, 2.24) is 0 Å². The summed E-state index contributed by atoms with van der Waals surface area (Å²) in [7, 11) is 0. The molecule has 0 aromatic heterocycles. The van der Waals surface area contributed by atoms with E-state index in [0.29, 0.717) is 0 Å². The van der Waals surface area contributed by atoms with E-state index >= 15 is 0 Å². The van der Waals surface area contributed by atoms with Gasteiger partial charge in [0.1, 0.15) is 171 Å². The highest BCUT2D eigenvalue weighted by atomic mass is 16.8.